The van der Waals surface area contributed by atoms with Crippen molar-refractivity contribution in [3.8, 4) is 5.75 Å². The van der Waals surface area contributed by atoms with Gasteiger partial charge in [-0.1, -0.05) is 25.4 Å². The monoisotopic (exact) mass is 461 g/mol. The quantitative estimate of drug-likeness (QED) is 0.637. The molecule has 30 heavy (non-hydrogen) atoms. The van der Waals surface area contributed by atoms with Gasteiger partial charge in [0, 0.05) is 41.0 Å². The second-order valence-corrected chi connectivity index (χ2v) is 9.68. The van der Waals surface area contributed by atoms with Crippen LogP contribution in [-0.2, 0) is 23.0 Å². The zero-order valence-electron chi connectivity index (χ0n) is 16.6. The van der Waals surface area contributed by atoms with Gasteiger partial charge in [0.05, 0.1) is 12.9 Å². The Balaban J connectivity index is 0.00000320. The summed E-state index contributed by atoms with van der Waals surface area (Å²) in [6.45, 7) is 5.94. The number of carbonyl (C=O) groups excluding carboxylic acids is 1. The van der Waals surface area contributed by atoms with Gasteiger partial charge in [-0.25, -0.2) is 18.1 Å². The number of ether oxygens (including phenoxy) is 1. The Bertz CT molecular complexity index is 1030. The summed E-state index contributed by atoms with van der Waals surface area (Å²) in [5, 5.41) is 0.616. The van der Waals surface area contributed by atoms with E-state index < -0.39 is 15.9 Å². The van der Waals surface area contributed by atoms with Gasteiger partial charge in [0.25, 0.3) is 5.91 Å². The van der Waals surface area contributed by atoms with E-state index in [-0.39, 0.29) is 29.6 Å². The summed E-state index contributed by atoms with van der Waals surface area (Å²) in [7, 11) is -3.64. The second-order valence-electron chi connectivity index (χ2n) is 7.49. The number of anilines is 1. The van der Waals surface area contributed by atoms with Crippen LogP contribution in [0.5, 0.6) is 5.75 Å². The van der Waals surface area contributed by atoms with Crippen LogP contribution in [0.1, 0.15) is 35.3 Å². The van der Waals surface area contributed by atoms with Crippen LogP contribution in [-0.4, -0.2) is 68.3 Å². The molecule has 1 amide bonds. The summed E-state index contributed by atoms with van der Waals surface area (Å²) in [5.74, 6) is 1.18. The number of fused-ring (bicyclic) bond motifs is 1. The van der Waals surface area contributed by atoms with Crippen molar-refractivity contribution in [3.63, 3.8) is 0 Å². The molecule has 0 bridgehead atoms. The minimum atomic E-state index is -3.64. The van der Waals surface area contributed by atoms with E-state index in [1.807, 2.05) is 21.8 Å². The number of sulfonamides is 1. The molecule has 0 saturated heterocycles. The van der Waals surface area contributed by atoms with Gasteiger partial charge in [-0.2, -0.15) is 0 Å². The van der Waals surface area contributed by atoms with Gasteiger partial charge in [0.2, 0.25) is 10.0 Å². The van der Waals surface area contributed by atoms with E-state index in [1.165, 1.54) is 6.20 Å². The maximum absolute atomic E-state index is 12.4. The van der Waals surface area contributed by atoms with Crippen molar-refractivity contribution in [2.75, 3.05) is 24.3 Å². The van der Waals surface area contributed by atoms with E-state index in [9.17, 15) is 13.2 Å². The number of hydrogen-bond acceptors (Lipinski definition) is 6. The molecule has 0 spiro atoms. The molecule has 1 aliphatic rings. The first-order valence-electron chi connectivity index (χ1n) is 9.30. The molecule has 1 aromatic heterocycles. The third kappa shape index (κ3) is 6.34. The Morgan fingerprint density at radius 3 is 2.73 bits per heavy atom. The fourth-order valence-corrected chi connectivity index (χ4v) is 3.86. The number of hydrogen-bond donors (Lipinski definition) is 1. The van der Waals surface area contributed by atoms with Crippen molar-refractivity contribution in [1.29, 1.82) is 0 Å². The van der Waals surface area contributed by atoms with Crippen LogP contribution in [0.3, 0.4) is 0 Å². The topological polar surface area (TPSA) is 88.6 Å². The molecule has 0 aliphatic carbocycles. The standard InChI is InChI=1S/C20H24ClN3O4S.Na.H/c1-13(2)12-28-18-5-4-15(21)10-14(18)11-24-9-7-16-17(6-8-22-19(16)24)20(25)23-29(3,26)27;;/h4-6,8,10,13H,7,9,11-12H2,1-3H3,(H,23,25);;. The summed E-state index contributed by atoms with van der Waals surface area (Å²) in [5.41, 5.74) is 1.99. The van der Waals surface area contributed by atoms with E-state index in [0.717, 1.165) is 23.1 Å². The van der Waals surface area contributed by atoms with E-state index in [4.69, 9.17) is 16.3 Å². The number of rotatable bonds is 7. The van der Waals surface area contributed by atoms with Crippen LogP contribution >= 0.6 is 11.6 Å². The van der Waals surface area contributed by atoms with E-state index >= 15 is 0 Å². The molecule has 2 aromatic rings. The van der Waals surface area contributed by atoms with E-state index in [2.05, 4.69) is 18.8 Å². The normalized spacial score (nSPS) is 13.0. The fraction of sp³-hybridized carbons (Fsp3) is 0.400. The Labute approximate surface area is 204 Å². The number of pyridine rings is 1. The van der Waals surface area contributed by atoms with Gasteiger partial charge in [0.1, 0.15) is 11.6 Å². The second kappa shape index (κ2) is 10.3. The van der Waals surface area contributed by atoms with Crippen molar-refractivity contribution in [3.05, 3.63) is 52.2 Å². The molecular weight excluding hydrogens is 437 g/mol. The average molecular weight is 462 g/mol. The van der Waals surface area contributed by atoms with Crippen LogP contribution in [0.4, 0.5) is 5.82 Å². The average Bonchev–Trinajstić information content (AvgIpc) is 3.02. The molecule has 0 unspecified atom stereocenters. The number of carbonyl (C=O) groups is 1. The maximum atomic E-state index is 12.4. The minimum absolute atomic E-state index is 0. The third-order valence-corrected chi connectivity index (χ3v) is 5.23. The molecule has 1 aromatic carbocycles. The molecule has 158 valence electrons. The molecule has 0 radical (unpaired) electrons. The van der Waals surface area contributed by atoms with Gasteiger partial charge < -0.3 is 9.64 Å². The zero-order valence-corrected chi connectivity index (χ0v) is 18.2. The molecule has 7 nitrogen and oxygen atoms in total. The van der Waals surface area contributed by atoms with Gasteiger partial charge in [0.15, 0.2) is 0 Å². The number of amides is 1. The Morgan fingerprint density at radius 1 is 1.33 bits per heavy atom. The number of benzene rings is 1. The Kier molecular flexibility index (Phi) is 8.59. The van der Waals surface area contributed by atoms with Crippen molar-refractivity contribution in [1.82, 2.24) is 9.71 Å². The van der Waals surface area contributed by atoms with Crippen molar-refractivity contribution in [2.24, 2.45) is 5.92 Å². The fourth-order valence-electron chi connectivity index (χ4n) is 3.22. The van der Waals surface area contributed by atoms with Gasteiger partial charge >= 0.3 is 29.6 Å². The molecule has 2 heterocycles. The van der Waals surface area contributed by atoms with E-state index in [0.29, 0.717) is 48.4 Å². The van der Waals surface area contributed by atoms with Crippen molar-refractivity contribution < 1.29 is 17.9 Å². The summed E-state index contributed by atoms with van der Waals surface area (Å²) >= 11 is 6.19. The summed E-state index contributed by atoms with van der Waals surface area (Å²) < 4.78 is 30.8. The molecular formula is C20H25ClN3NaO4S. The van der Waals surface area contributed by atoms with E-state index in [1.54, 1.807) is 12.1 Å². The molecule has 3 rings (SSSR count). The number of nitrogens with zero attached hydrogens (tertiary/aromatic N) is 2. The SMILES string of the molecule is CC(C)COc1ccc(Cl)cc1CN1CCc2c(C(=O)NS(C)(=O)=O)ccnc21.[NaH]. The molecule has 0 fully saturated rings. The Morgan fingerprint density at radius 2 is 2.07 bits per heavy atom. The van der Waals surface area contributed by atoms with Crippen LogP contribution in [0, 0.1) is 5.92 Å². The molecule has 10 heteroatoms. The van der Waals surface area contributed by atoms with Crippen LogP contribution in [0.25, 0.3) is 0 Å². The van der Waals surface area contributed by atoms with Crippen LogP contribution in [0.2, 0.25) is 5.02 Å². The first kappa shape index (κ1) is 24.9. The number of aromatic nitrogens is 1. The molecule has 0 saturated carbocycles. The van der Waals surface area contributed by atoms with Crippen molar-refractivity contribution >= 4 is 62.9 Å². The number of halogens is 1. The molecule has 0 atom stereocenters. The van der Waals surface area contributed by atoms with Crippen LogP contribution in [0.15, 0.2) is 30.5 Å². The Hall–Kier alpha value is -1.32. The first-order valence-corrected chi connectivity index (χ1v) is 11.6. The number of nitrogens with one attached hydrogen (secondary N) is 1. The molecule has 1 N–H and O–H groups in total. The summed E-state index contributed by atoms with van der Waals surface area (Å²) in [4.78, 5) is 18.8. The zero-order chi connectivity index (χ0) is 21.2. The summed E-state index contributed by atoms with van der Waals surface area (Å²) in [6, 6.07) is 7.07. The van der Waals surface area contributed by atoms with Crippen molar-refractivity contribution in [2.45, 2.75) is 26.8 Å². The van der Waals surface area contributed by atoms with Gasteiger partial charge in [-0.05, 0) is 36.6 Å². The van der Waals surface area contributed by atoms with Crippen LogP contribution < -0.4 is 14.4 Å². The predicted octanol–water partition coefficient (Wildman–Crippen LogP) is 2.37. The summed E-state index contributed by atoms with van der Waals surface area (Å²) in [6.07, 6.45) is 3.07. The van der Waals surface area contributed by atoms with Gasteiger partial charge in [-0.3, -0.25) is 4.79 Å². The third-order valence-electron chi connectivity index (χ3n) is 4.44. The molecule has 1 aliphatic heterocycles. The van der Waals surface area contributed by atoms with Gasteiger partial charge in [-0.15, -0.1) is 0 Å². The first-order chi connectivity index (χ1) is 13.6. The predicted molar refractivity (Wildman–Crippen MR) is 120 cm³/mol.